The molecule has 230 valence electrons. The zero-order valence-electron chi connectivity index (χ0n) is 25.7. The van der Waals surface area contributed by atoms with Crippen LogP contribution in [0.3, 0.4) is 0 Å². The number of hydrogen-bond donors (Lipinski definition) is 2. The molecule has 1 saturated heterocycles. The number of rotatable bonds is 8. The first-order valence-corrected chi connectivity index (χ1v) is 14.8. The molecule has 1 aliphatic heterocycles. The van der Waals surface area contributed by atoms with Crippen LogP contribution in [0, 0.1) is 13.8 Å². The molecule has 1 aromatic carbocycles. The van der Waals surface area contributed by atoms with E-state index >= 15 is 0 Å². The third kappa shape index (κ3) is 6.18. The van der Waals surface area contributed by atoms with Crippen LogP contribution in [-0.2, 0) is 4.74 Å². The van der Waals surface area contributed by atoms with E-state index in [0.717, 1.165) is 41.4 Å². The van der Waals surface area contributed by atoms with Crippen LogP contribution in [0.25, 0.3) is 5.52 Å². The summed E-state index contributed by atoms with van der Waals surface area (Å²) in [5.41, 5.74) is 5.66. The van der Waals surface area contributed by atoms with Crippen molar-refractivity contribution >= 4 is 40.3 Å². The Hall–Kier alpha value is -5.36. The molecule has 0 aliphatic carbocycles. The van der Waals surface area contributed by atoms with Crippen LogP contribution in [0.2, 0.25) is 0 Å². The molecule has 1 aliphatic rings. The van der Waals surface area contributed by atoms with Gasteiger partial charge in [0.15, 0.2) is 5.82 Å². The molecule has 5 aromatic rings. The Morgan fingerprint density at radius 1 is 1.00 bits per heavy atom. The van der Waals surface area contributed by atoms with Gasteiger partial charge in [-0.25, -0.2) is 14.5 Å². The number of pyridine rings is 2. The maximum atomic E-state index is 13.6. The molecule has 1 unspecified atom stereocenters. The number of aromatic nitrogens is 5. The summed E-state index contributed by atoms with van der Waals surface area (Å²) in [5.74, 6) is 0.925. The van der Waals surface area contributed by atoms with E-state index in [2.05, 4.69) is 35.6 Å². The van der Waals surface area contributed by atoms with Crippen LogP contribution in [0.15, 0.2) is 73.4 Å². The van der Waals surface area contributed by atoms with Gasteiger partial charge in [0.1, 0.15) is 17.7 Å². The second-order valence-corrected chi connectivity index (χ2v) is 11.0. The molecule has 45 heavy (non-hydrogen) atoms. The highest BCUT2D eigenvalue weighted by molar-refractivity contribution is 6.06. The number of carbonyl (C=O) groups excluding carboxylic acids is 2. The monoisotopic (exact) mass is 605 g/mol. The van der Waals surface area contributed by atoms with Crippen molar-refractivity contribution in [2.75, 3.05) is 48.5 Å². The summed E-state index contributed by atoms with van der Waals surface area (Å²) < 4.78 is 7.10. The number of nitrogens with one attached hydrogen (secondary N) is 2. The first-order valence-electron chi connectivity index (χ1n) is 14.8. The Morgan fingerprint density at radius 2 is 1.82 bits per heavy atom. The summed E-state index contributed by atoms with van der Waals surface area (Å²) in [6.07, 6.45) is 6.52. The molecule has 0 radical (unpaired) electrons. The zero-order valence-corrected chi connectivity index (χ0v) is 25.7. The van der Waals surface area contributed by atoms with Crippen molar-refractivity contribution in [1.82, 2.24) is 29.9 Å². The van der Waals surface area contributed by atoms with Gasteiger partial charge in [-0.1, -0.05) is 12.1 Å². The predicted octanol–water partition coefficient (Wildman–Crippen LogP) is 4.48. The van der Waals surface area contributed by atoms with Crippen molar-refractivity contribution in [3.05, 3.63) is 101 Å². The fourth-order valence-corrected chi connectivity index (χ4v) is 5.37. The molecule has 12 nitrogen and oxygen atoms in total. The van der Waals surface area contributed by atoms with E-state index in [1.54, 1.807) is 41.1 Å². The summed E-state index contributed by atoms with van der Waals surface area (Å²) >= 11 is 0. The van der Waals surface area contributed by atoms with Gasteiger partial charge in [0.25, 0.3) is 11.8 Å². The first-order chi connectivity index (χ1) is 21.8. The van der Waals surface area contributed by atoms with E-state index < -0.39 is 0 Å². The minimum absolute atomic E-state index is 0.149. The number of ether oxygens (including phenoxy) is 1. The summed E-state index contributed by atoms with van der Waals surface area (Å²) in [4.78, 5) is 43.9. The van der Waals surface area contributed by atoms with Gasteiger partial charge in [0.2, 0.25) is 0 Å². The summed E-state index contributed by atoms with van der Waals surface area (Å²) in [5, 5.41) is 10.8. The van der Waals surface area contributed by atoms with Gasteiger partial charge in [-0.3, -0.25) is 14.6 Å². The molecule has 6 rings (SSSR count). The SMILES string of the molecule is Cc1ccc(N(C)C(=O)c2ccnc(N3CCOCC3)c2)cc1Nc1ncnn2cc(C(=O)NC(C)c3ccccn3)c(C)c12. The fraction of sp³-hybridized carbons (Fsp3) is 0.273. The van der Waals surface area contributed by atoms with E-state index in [1.165, 1.54) is 6.33 Å². The third-order valence-electron chi connectivity index (χ3n) is 8.04. The van der Waals surface area contributed by atoms with Gasteiger partial charge in [-0.05, 0) is 68.3 Å². The van der Waals surface area contributed by atoms with E-state index in [4.69, 9.17) is 4.74 Å². The smallest absolute Gasteiger partial charge is 0.258 e. The van der Waals surface area contributed by atoms with Crippen molar-refractivity contribution in [3.8, 4) is 0 Å². The summed E-state index contributed by atoms with van der Waals surface area (Å²) in [7, 11) is 1.75. The van der Waals surface area contributed by atoms with Gasteiger partial charge in [-0.15, -0.1) is 0 Å². The quantitative estimate of drug-likeness (QED) is 0.263. The minimum atomic E-state index is -0.270. The van der Waals surface area contributed by atoms with Crippen LogP contribution in [-0.4, -0.2) is 69.7 Å². The largest absolute Gasteiger partial charge is 0.378 e. The first kappa shape index (κ1) is 29.7. The number of amides is 2. The molecule has 2 N–H and O–H groups in total. The fourth-order valence-electron chi connectivity index (χ4n) is 5.37. The van der Waals surface area contributed by atoms with Crippen molar-refractivity contribution < 1.29 is 14.3 Å². The highest BCUT2D eigenvalue weighted by Crippen LogP contribution is 2.30. The van der Waals surface area contributed by atoms with Crippen molar-refractivity contribution in [2.45, 2.75) is 26.8 Å². The number of carbonyl (C=O) groups is 2. The van der Waals surface area contributed by atoms with Gasteiger partial charge >= 0.3 is 0 Å². The zero-order chi connectivity index (χ0) is 31.5. The normalized spacial score (nSPS) is 13.8. The molecule has 5 heterocycles. The lowest BCUT2D eigenvalue weighted by Gasteiger charge is -2.28. The minimum Gasteiger partial charge on any atom is -0.378 e. The highest BCUT2D eigenvalue weighted by atomic mass is 16.5. The Bertz CT molecular complexity index is 1850. The second kappa shape index (κ2) is 12.7. The number of benzene rings is 1. The lowest BCUT2D eigenvalue weighted by molar-refractivity contribution is 0.0937. The van der Waals surface area contributed by atoms with Crippen LogP contribution in [0.4, 0.5) is 23.0 Å². The third-order valence-corrected chi connectivity index (χ3v) is 8.04. The van der Waals surface area contributed by atoms with Gasteiger partial charge in [0.05, 0.1) is 30.5 Å². The Balaban J connectivity index is 1.23. The highest BCUT2D eigenvalue weighted by Gasteiger charge is 2.22. The molecule has 4 aromatic heterocycles. The summed E-state index contributed by atoms with van der Waals surface area (Å²) in [6.45, 7) is 8.50. The molecule has 1 atom stereocenters. The number of hydrogen-bond acceptors (Lipinski definition) is 9. The predicted molar refractivity (Wildman–Crippen MR) is 172 cm³/mol. The van der Waals surface area contributed by atoms with E-state index in [0.29, 0.717) is 41.4 Å². The molecule has 1 fully saturated rings. The van der Waals surface area contributed by atoms with Crippen LogP contribution < -0.4 is 20.4 Å². The lowest BCUT2D eigenvalue weighted by atomic mass is 10.1. The van der Waals surface area contributed by atoms with Crippen molar-refractivity contribution in [2.24, 2.45) is 0 Å². The van der Waals surface area contributed by atoms with E-state index in [9.17, 15) is 9.59 Å². The Labute approximate surface area is 261 Å². The maximum Gasteiger partial charge on any atom is 0.258 e. The van der Waals surface area contributed by atoms with Crippen molar-refractivity contribution in [1.29, 1.82) is 0 Å². The molecule has 2 amide bonds. The number of anilines is 4. The molecular formula is C33H35N9O3. The van der Waals surface area contributed by atoms with Gasteiger partial charge < -0.3 is 25.2 Å². The lowest BCUT2D eigenvalue weighted by Crippen LogP contribution is -2.37. The van der Waals surface area contributed by atoms with E-state index in [1.807, 2.05) is 63.2 Å². The van der Waals surface area contributed by atoms with Crippen LogP contribution in [0.5, 0.6) is 0 Å². The Kier molecular flexibility index (Phi) is 8.39. The van der Waals surface area contributed by atoms with E-state index in [-0.39, 0.29) is 17.9 Å². The topological polar surface area (TPSA) is 130 Å². The average molecular weight is 606 g/mol. The second-order valence-electron chi connectivity index (χ2n) is 11.0. The number of fused-ring (bicyclic) bond motifs is 1. The van der Waals surface area contributed by atoms with Gasteiger partial charge in [-0.2, -0.15) is 5.10 Å². The Morgan fingerprint density at radius 3 is 2.60 bits per heavy atom. The molecule has 0 saturated carbocycles. The number of nitrogens with zero attached hydrogens (tertiary/aromatic N) is 7. The van der Waals surface area contributed by atoms with Gasteiger partial charge in [0, 0.05) is 55.7 Å². The van der Waals surface area contributed by atoms with Crippen molar-refractivity contribution in [3.63, 3.8) is 0 Å². The standard InChI is InChI=1S/C33H35N9O3/c1-21-8-9-25(40(4)33(44)24-10-12-35-29(17-24)41-13-15-45-16-14-41)18-28(21)39-31-30-22(2)26(19-42(30)37-20-36-31)32(43)38-23(3)27-7-5-6-11-34-27/h5-12,17-20,23H,13-16H2,1-4H3,(H,38,43)(H,36,37,39). The number of aryl methyl sites for hydroxylation is 2. The molecule has 0 spiro atoms. The molecular weight excluding hydrogens is 570 g/mol. The van der Waals surface area contributed by atoms with Crippen LogP contribution >= 0.6 is 0 Å². The molecule has 0 bridgehead atoms. The molecule has 12 heteroatoms. The maximum absolute atomic E-state index is 13.6. The summed E-state index contributed by atoms with van der Waals surface area (Å²) in [6, 6.07) is 14.7. The average Bonchev–Trinajstić information content (AvgIpc) is 3.43. The van der Waals surface area contributed by atoms with Crippen LogP contribution in [0.1, 0.15) is 50.5 Å². The number of morpholine rings is 1.